The van der Waals surface area contributed by atoms with Crippen LogP contribution in [0.2, 0.25) is 0 Å². The Kier molecular flexibility index (Phi) is 7.32. The summed E-state index contributed by atoms with van der Waals surface area (Å²) < 4.78 is 21.0. The Hall–Kier alpha value is -3.97. The van der Waals surface area contributed by atoms with Gasteiger partial charge in [-0.3, -0.25) is 9.69 Å². The standard InChI is InChI=1S/C30H31FN4O2/c1-3-34(30(36)23-9-5-4-6-10-23)21-26-25-20-33(19-22-13-15-24(31)16-14-22)18-17-27(25)35(32-26)28-11-7-8-12-29(28)37-2/h4-16H,3,17-21H2,1-2H3. The molecule has 0 aliphatic carbocycles. The molecule has 0 bridgehead atoms. The minimum Gasteiger partial charge on any atom is -0.494 e. The van der Waals surface area contributed by atoms with Gasteiger partial charge in [0.1, 0.15) is 17.3 Å². The Labute approximate surface area is 216 Å². The van der Waals surface area contributed by atoms with E-state index < -0.39 is 0 Å². The number of hydrogen-bond acceptors (Lipinski definition) is 4. The summed E-state index contributed by atoms with van der Waals surface area (Å²) in [7, 11) is 1.66. The zero-order valence-electron chi connectivity index (χ0n) is 21.2. The summed E-state index contributed by atoms with van der Waals surface area (Å²) in [4.78, 5) is 17.5. The zero-order chi connectivity index (χ0) is 25.8. The van der Waals surface area contributed by atoms with Crippen molar-refractivity contribution in [1.82, 2.24) is 19.6 Å². The van der Waals surface area contributed by atoms with Crippen molar-refractivity contribution in [2.45, 2.75) is 33.0 Å². The van der Waals surface area contributed by atoms with Gasteiger partial charge in [-0.15, -0.1) is 0 Å². The van der Waals surface area contributed by atoms with Gasteiger partial charge in [0.2, 0.25) is 0 Å². The summed E-state index contributed by atoms with van der Waals surface area (Å²) >= 11 is 0. The summed E-state index contributed by atoms with van der Waals surface area (Å²) in [5, 5.41) is 5.05. The molecule has 1 aliphatic rings. The predicted molar refractivity (Wildman–Crippen MR) is 141 cm³/mol. The first-order valence-electron chi connectivity index (χ1n) is 12.6. The lowest BCUT2D eigenvalue weighted by molar-refractivity contribution is 0.0749. The van der Waals surface area contributed by atoms with E-state index in [1.54, 1.807) is 7.11 Å². The van der Waals surface area contributed by atoms with Crippen LogP contribution in [-0.2, 0) is 26.1 Å². The van der Waals surface area contributed by atoms with Crippen LogP contribution in [0.1, 0.15) is 39.8 Å². The van der Waals surface area contributed by atoms with E-state index in [1.165, 1.54) is 12.1 Å². The number of fused-ring (bicyclic) bond motifs is 1. The number of carbonyl (C=O) groups excluding carboxylic acids is 1. The Morgan fingerprint density at radius 3 is 2.49 bits per heavy atom. The molecule has 0 unspecified atom stereocenters. The van der Waals surface area contributed by atoms with Crippen molar-refractivity contribution in [3.8, 4) is 11.4 Å². The highest BCUT2D eigenvalue weighted by molar-refractivity contribution is 5.94. The van der Waals surface area contributed by atoms with E-state index in [0.29, 0.717) is 25.2 Å². The molecule has 6 nitrogen and oxygen atoms in total. The largest absolute Gasteiger partial charge is 0.494 e. The first-order valence-corrected chi connectivity index (χ1v) is 12.6. The third-order valence-corrected chi connectivity index (χ3v) is 6.88. The van der Waals surface area contributed by atoms with E-state index in [0.717, 1.165) is 53.5 Å². The lowest BCUT2D eigenvalue weighted by Gasteiger charge is -2.28. The van der Waals surface area contributed by atoms with Gasteiger partial charge in [-0.2, -0.15) is 5.10 Å². The smallest absolute Gasteiger partial charge is 0.254 e. The van der Waals surface area contributed by atoms with Crippen LogP contribution in [-0.4, -0.2) is 45.7 Å². The maximum Gasteiger partial charge on any atom is 0.254 e. The summed E-state index contributed by atoms with van der Waals surface area (Å²) in [5.41, 5.74) is 5.78. The summed E-state index contributed by atoms with van der Waals surface area (Å²) in [6.07, 6.45) is 0.806. The molecule has 1 aliphatic heterocycles. The normalized spacial score (nSPS) is 13.3. The molecule has 0 atom stereocenters. The Balaban J connectivity index is 1.49. The Bertz CT molecular complexity index is 1370. The number of nitrogens with zero attached hydrogens (tertiary/aromatic N) is 4. The average Bonchev–Trinajstić information content (AvgIpc) is 3.30. The van der Waals surface area contributed by atoms with E-state index in [9.17, 15) is 9.18 Å². The number of halogens is 1. The second-order valence-electron chi connectivity index (χ2n) is 9.23. The second-order valence-corrected chi connectivity index (χ2v) is 9.23. The predicted octanol–water partition coefficient (Wildman–Crippen LogP) is 5.24. The Morgan fingerprint density at radius 2 is 1.76 bits per heavy atom. The van der Waals surface area contributed by atoms with E-state index in [-0.39, 0.29) is 11.7 Å². The second kappa shape index (κ2) is 11.0. The van der Waals surface area contributed by atoms with Gasteiger partial charge in [0, 0.05) is 43.7 Å². The van der Waals surface area contributed by atoms with E-state index >= 15 is 0 Å². The molecule has 190 valence electrons. The molecule has 0 saturated heterocycles. The van der Waals surface area contributed by atoms with Gasteiger partial charge < -0.3 is 9.64 Å². The molecule has 4 aromatic rings. The molecule has 1 aromatic heterocycles. The molecule has 0 fully saturated rings. The number of hydrogen-bond donors (Lipinski definition) is 0. The minimum atomic E-state index is -0.229. The minimum absolute atomic E-state index is 0.0114. The monoisotopic (exact) mass is 498 g/mol. The van der Waals surface area contributed by atoms with Crippen molar-refractivity contribution >= 4 is 5.91 Å². The third-order valence-electron chi connectivity index (χ3n) is 6.88. The van der Waals surface area contributed by atoms with Crippen LogP contribution >= 0.6 is 0 Å². The summed E-state index contributed by atoms with van der Waals surface area (Å²) in [5.74, 6) is 0.510. The number of amides is 1. The van der Waals surface area contributed by atoms with Crippen molar-refractivity contribution in [3.63, 3.8) is 0 Å². The van der Waals surface area contributed by atoms with Gasteiger partial charge in [0.15, 0.2) is 0 Å². The molecule has 0 spiro atoms. The van der Waals surface area contributed by atoms with Crippen molar-refractivity contribution in [1.29, 1.82) is 0 Å². The van der Waals surface area contributed by atoms with Gasteiger partial charge in [-0.1, -0.05) is 42.5 Å². The third kappa shape index (κ3) is 5.27. The van der Waals surface area contributed by atoms with E-state index in [2.05, 4.69) is 4.90 Å². The topological polar surface area (TPSA) is 50.6 Å². The summed E-state index contributed by atoms with van der Waals surface area (Å²) in [6.45, 7) is 5.26. The van der Waals surface area contributed by atoms with Crippen LogP contribution in [0.15, 0.2) is 78.9 Å². The van der Waals surface area contributed by atoms with Gasteiger partial charge in [-0.05, 0) is 48.9 Å². The van der Waals surface area contributed by atoms with Gasteiger partial charge in [0.25, 0.3) is 5.91 Å². The highest BCUT2D eigenvalue weighted by Crippen LogP contribution is 2.31. The van der Waals surface area contributed by atoms with Gasteiger partial charge in [0.05, 0.1) is 25.0 Å². The maximum atomic E-state index is 13.4. The van der Waals surface area contributed by atoms with Crippen molar-refractivity contribution in [2.75, 3.05) is 20.2 Å². The molecule has 0 saturated carbocycles. The Morgan fingerprint density at radius 1 is 1.03 bits per heavy atom. The fourth-order valence-corrected chi connectivity index (χ4v) is 4.93. The van der Waals surface area contributed by atoms with Gasteiger partial charge >= 0.3 is 0 Å². The van der Waals surface area contributed by atoms with Crippen LogP contribution < -0.4 is 4.74 Å². The van der Waals surface area contributed by atoms with Gasteiger partial charge in [-0.25, -0.2) is 9.07 Å². The van der Waals surface area contributed by atoms with Crippen LogP contribution in [0.4, 0.5) is 4.39 Å². The van der Waals surface area contributed by atoms with Crippen molar-refractivity contribution in [2.24, 2.45) is 0 Å². The zero-order valence-corrected chi connectivity index (χ0v) is 21.2. The number of methoxy groups -OCH3 is 1. The number of carbonyl (C=O) groups is 1. The molecular weight excluding hydrogens is 467 g/mol. The van der Waals surface area contributed by atoms with Crippen LogP contribution in [0, 0.1) is 5.82 Å². The maximum absolute atomic E-state index is 13.4. The molecule has 5 rings (SSSR count). The number of benzene rings is 3. The van der Waals surface area contributed by atoms with Crippen LogP contribution in [0.5, 0.6) is 5.75 Å². The fourth-order valence-electron chi connectivity index (χ4n) is 4.93. The van der Waals surface area contributed by atoms with E-state index in [4.69, 9.17) is 9.84 Å². The molecule has 0 radical (unpaired) electrons. The van der Waals surface area contributed by atoms with Crippen LogP contribution in [0.25, 0.3) is 5.69 Å². The number of ether oxygens (including phenoxy) is 1. The molecule has 37 heavy (non-hydrogen) atoms. The SMILES string of the molecule is CCN(Cc1nn(-c2ccccc2OC)c2c1CN(Cc1ccc(F)cc1)CC2)C(=O)c1ccccc1. The van der Waals surface area contributed by atoms with Crippen molar-refractivity contribution in [3.05, 3.63) is 113 Å². The summed E-state index contributed by atoms with van der Waals surface area (Å²) in [6, 6.07) is 23.9. The molecular formula is C30H31FN4O2. The molecule has 2 heterocycles. The molecule has 3 aromatic carbocycles. The lowest BCUT2D eigenvalue weighted by Crippen LogP contribution is -2.33. The molecule has 7 heteroatoms. The highest BCUT2D eigenvalue weighted by atomic mass is 19.1. The average molecular weight is 499 g/mol. The number of rotatable bonds is 8. The van der Waals surface area contributed by atoms with Crippen molar-refractivity contribution < 1.29 is 13.9 Å². The van der Waals surface area contributed by atoms with E-state index in [1.807, 2.05) is 83.2 Å². The quantitative estimate of drug-likeness (QED) is 0.333. The fraction of sp³-hybridized carbons (Fsp3) is 0.267. The first kappa shape index (κ1) is 24.7. The lowest BCUT2D eigenvalue weighted by atomic mass is 10.0. The molecule has 1 amide bonds. The van der Waals surface area contributed by atoms with Crippen LogP contribution in [0.3, 0.4) is 0 Å². The number of aromatic nitrogens is 2. The first-order chi connectivity index (χ1) is 18.1. The highest BCUT2D eigenvalue weighted by Gasteiger charge is 2.28. The molecule has 0 N–H and O–H groups in total. The number of para-hydroxylation sites is 2.